The number of alkyl halides is 3. The van der Waals surface area contributed by atoms with E-state index in [0.29, 0.717) is 19.6 Å². The van der Waals surface area contributed by atoms with E-state index in [1.807, 2.05) is 0 Å². The molecule has 1 aliphatic heterocycles. The number of amides is 1. The number of ether oxygens (including phenoxy) is 2. The van der Waals surface area contributed by atoms with Crippen LogP contribution in [0, 0.1) is 0 Å². The summed E-state index contributed by atoms with van der Waals surface area (Å²) in [6, 6.07) is 1.12. The molecular weight excluding hydrogens is 345 g/mol. The van der Waals surface area contributed by atoms with Crippen molar-refractivity contribution in [3.05, 3.63) is 23.3 Å². The molecule has 1 amide bonds. The summed E-state index contributed by atoms with van der Waals surface area (Å²) in [7, 11) is 1.23. The van der Waals surface area contributed by atoms with Crippen molar-refractivity contribution < 1.29 is 27.4 Å². The van der Waals surface area contributed by atoms with Gasteiger partial charge in [0.1, 0.15) is 5.75 Å². The van der Waals surface area contributed by atoms with Crippen LogP contribution in [0.3, 0.4) is 0 Å². The number of carbonyl (C=O) groups is 1. The van der Waals surface area contributed by atoms with Crippen LogP contribution in [-0.4, -0.2) is 44.6 Å². The van der Waals surface area contributed by atoms with Gasteiger partial charge >= 0.3 is 6.18 Å². The Balaban J connectivity index is 2.35. The summed E-state index contributed by atoms with van der Waals surface area (Å²) >= 11 is 1.05. The summed E-state index contributed by atoms with van der Waals surface area (Å²) in [6.45, 7) is 0.794. The zero-order chi connectivity index (χ0) is 17.9. The van der Waals surface area contributed by atoms with Crippen molar-refractivity contribution in [2.75, 3.05) is 26.6 Å². The Morgan fingerprint density at radius 3 is 2.71 bits per heavy atom. The average molecular weight is 364 g/mol. The van der Waals surface area contributed by atoms with Crippen LogP contribution in [0.15, 0.2) is 17.0 Å². The molecule has 134 valence electrons. The quantitative estimate of drug-likeness (QED) is 0.802. The molecule has 1 saturated heterocycles. The number of hydrogen-bond acceptors (Lipinski definition) is 5. The van der Waals surface area contributed by atoms with Crippen LogP contribution in [0.5, 0.6) is 5.75 Å². The molecule has 1 aliphatic rings. The van der Waals surface area contributed by atoms with Crippen LogP contribution in [-0.2, 0) is 10.9 Å². The smallest absolute Gasteiger partial charge is 0.416 e. The number of hydrogen-bond donors (Lipinski definition) is 2. The molecule has 0 aromatic heterocycles. The Hall–Kier alpha value is -1.45. The number of methoxy groups -OCH3 is 1. The Labute approximate surface area is 142 Å². The van der Waals surface area contributed by atoms with Crippen molar-refractivity contribution in [3.63, 3.8) is 0 Å². The standard InChI is InChI=1S/C15H19F3N2O3S/c1-22-11-5-8(15(16,17)18)6-12(24-2)13(11)14(21)20-10-3-4-23-7-9(10)19/h5-6,9-10H,3-4,7,19H2,1-2H3,(H,20,21). The topological polar surface area (TPSA) is 73.6 Å². The van der Waals surface area contributed by atoms with Gasteiger partial charge in [-0.1, -0.05) is 0 Å². The molecule has 24 heavy (non-hydrogen) atoms. The molecule has 1 aromatic carbocycles. The van der Waals surface area contributed by atoms with Crippen molar-refractivity contribution in [1.82, 2.24) is 5.32 Å². The Bertz CT molecular complexity index is 585. The van der Waals surface area contributed by atoms with Gasteiger partial charge in [-0.15, -0.1) is 11.8 Å². The molecule has 2 atom stereocenters. The number of nitrogens with one attached hydrogen (secondary N) is 1. The number of halogens is 3. The first-order valence-corrected chi connectivity index (χ1v) is 8.47. The second-order valence-corrected chi connectivity index (χ2v) is 6.21. The first kappa shape index (κ1) is 18.9. The van der Waals surface area contributed by atoms with Gasteiger partial charge in [0.05, 0.1) is 24.8 Å². The Morgan fingerprint density at radius 2 is 2.17 bits per heavy atom. The van der Waals surface area contributed by atoms with E-state index in [1.54, 1.807) is 6.26 Å². The fourth-order valence-electron chi connectivity index (χ4n) is 2.48. The molecule has 1 fully saturated rings. The molecule has 1 heterocycles. The van der Waals surface area contributed by atoms with Crippen LogP contribution in [0.25, 0.3) is 0 Å². The third kappa shape index (κ3) is 4.14. The minimum Gasteiger partial charge on any atom is -0.496 e. The predicted octanol–water partition coefficient (Wildman–Crippen LogP) is 2.28. The fourth-order valence-corrected chi connectivity index (χ4v) is 3.12. The van der Waals surface area contributed by atoms with Gasteiger partial charge in [-0.05, 0) is 24.8 Å². The highest BCUT2D eigenvalue weighted by atomic mass is 32.2. The highest BCUT2D eigenvalue weighted by molar-refractivity contribution is 7.98. The van der Waals surface area contributed by atoms with Crippen molar-refractivity contribution in [1.29, 1.82) is 0 Å². The predicted molar refractivity (Wildman–Crippen MR) is 84.4 cm³/mol. The third-order valence-electron chi connectivity index (χ3n) is 3.78. The maximum Gasteiger partial charge on any atom is 0.416 e. The lowest BCUT2D eigenvalue weighted by Gasteiger charge is -2.29. The molecule has 9 heteroatoms. The van der Waals surface area contributed by atoms with Gasteiger partial charge in [-0.2, -0.15) is 13.2 Å². The molecule has 1 aromatic rings. The van der Waals surface area contributed by atoms with E-state index in [-0.39, 0.29) is 28.3 Å². The largest absolute Gasteiger partial charge is 0.496 e. The SMILES string of the molecule is COc1cc(C(F)(F)F)cc(SC)c1C(=O)NC1CCOCC1N. The molecule has 2 unspecified atom stereocenters. The van der Waals surface area contributed by atoms with Gasteiger partial charge in [0.25, 0.3) is 5.91 Å². The highest BCUT2D eigenvalue weighted by Crippen LogP contribution is 2.38. The molecule has 0 aliphatic carbocycles. The van der Waals surface area contributed by atoms with E-state index in [0.717, 1.165) is 23.9 Å². The van der Waals surface area contributed by atoms with E-state index in [9.17, 15) is 18.0 Å². The van der Waals surface area contributed by atoms with Crippen molar-refractivity contribution >= 4 is 17.7 Å². The lowest BCUT2D eigenvalue weighted by Crippen LogP contribution is -2.53. The van der Waals surface area contributed by atoms with Crippen molar-refractivity contribution in [2.45, 2.75) is 29.6 Å². The molecule has 0 spiro atoms. The van der Waals surface area contributed by atoms with Gasteiger partial charge in [-0.3, -0.25) is 4.79 Å². The molecule has 3 N–H and O–H groups in total. The van der Waals surface area contributed by atoms with E-state index in [2.05, 4.69) is 5.32 Å². The van der Waals surface area contributed by atoms with E-state index >= 15 is 0 Å². The molecule has 0 radical (unpaired) electrons. The summed E-state index contributed by atoms with van der Waals surface area (Å²) in [5, 5.41) is 2.77. The minimum absolute atomic E-state index is 0.0803. The molecule has 5 nitrogen and oxygen atoms in total. The zero-order valence-electron chi connectivity index (χ0n) is 13.3. The number of benzene rings is 1. The monoisotopic (exact) mass is 364 g/mol. The van der Waals surface area contributed by atoms with Gasteiger partial charge in [0.15, 0.2) is 0 Å². The fraction of sp³-hybridized carbons (Fsp3) is 0.533. The maximum atomic E-state index is 13.0. The number of thioether (sulfide) groups is 1. The van der Waals surface area contributed by atoms with Crippen molar-refractivity contribution in [3.8, 4) is 5.75 Å². The number of nitrogens with two attached hydrogens (primary N) is 1. The van der Waals surface area contributed by atoms with Crippen LogP contribution < -0.4 is 15.8 Å². The molecular formula is C15H19F3N2O3S. The number of rotatable bonds is 4. The second kappa shape index (κ2) is 7.62. The first-order chi connectivity index (χ1) is 11.3. The van der Waals surface area contributed by atoms with Gasteiger partial charge < -0.3 is 20.5 Å². The van der Waals surface area contributed by atoms with Crippen LogP contribution in [0.2, 0.25) is 0 Å². The highest BCUT2D eigenvalue weighted by Gasteiger charge is 2.34. The number of carbonyl (C=O) groups excluding carboxylic acids is 1. The Kier molecular flexibility index (Phi) is 6.00. The lowest BCUT2D eigenvalue weighted by atomic mass is 10.0. The zero-order valence-corrected chi connectivity index (χ0v) is 14.1. The summed E-state index contributed by atoms with van der Waals surface area (Å²) in [5.74, 6) is -0.625. The van der Waals surface area contributed by atoms with Crippen LogP contribution in [0.1, 0.15) is 22.3 Å². The summed E-state index contributed by atoms with van der Waals surface area (Å²) < 4.78 is 49.2. The van der Waals surface area contributed by atoms with E-state index < -0.39 is 17.6 Å². The molecule has 0 bridgehead atoms. The minimum atomic E-state index is -4.52. The Morgan fingerprint density at radius 1 is 1.46 bits per heavy atom. The van der Waals surface area contributed by atoms with E-state index in [1.165, 1.54) is 7.11 Å². The maximum absolute atomic E-state index is 13.0. The second-order valence-electron chi connectivity index (χ2n) is 5.36. The summed E-state index contributed by atoms with van der Waals surface area (Å²) in [6.07, 6.45) is -2.37. The summed E-state index contributed by atoms with van der Waals surface area (Å²) in [5.41, 5.74) is 5.12. The molecule has 2 rings (SSSR count). The van der Waals surface area contributed by atoms with Crippen molar-refractivity contribution in [2.24, 2.45) is 5.73 Å². The van der Waals surface area contributed by atoms with Gasteiger partial charge in [0.2, 0.25) is 0 Å². The first-order valence-electron chi connectivity index (χ1n) is 7.25. The molecule has 0 saturated carbocycles. The summed E-state index contributed by atoms with van der Waals surface area (Å²) in [4.78, 5) is 12.8. The normalized spacial score (nSPS) is 21.4. The van der Waals surface area contributed by atoms with Gasteiger partial charge in [-0.25, -0.2) is 0 Å². The van der Waals surface area contributed by atoms with Crippen LogP contribution >= 0.6 is 11.8 Å². The van der Waals surface area contributed by atoms with Crippen LogP contribution in [0.4, 0.5) is 13.2 Å². The average Bonchev–Trinajstić information content (AvgIpc) is 2.54. The lowest BCUT2D eigenvalue weighted by molar-refractivity contribution is -0.137. The van der Waals surface area contributed by atoms with Gasteiger partial charge in [0, 0.05) is 23.6 Å². The van der Waals surface area contributed by atoms with E-state index in [4.69, 9.17) is 15.2 Å². The third-order valence-corrected chi connectivity index (χ3v) is 4.54.